The Labute approximate surface area is 94.0 Å². The van der Waals surface area contributed by atoms with E-state index in [-0.39, 0.29) is 11.7 Å². The van der Waals surface area contributed by atoms with E-state index < -0.39 is 0 Å². The summed E-state index contributed by atoms with van der Waals surface area (Å²) in [4.78, 5) is 0. The summed E-state index contributed by atoms with van der Waals surface area (Å²) in [6.07, 6.45) is 6.50. The first-order chi connectivity index (χ1) is 7.16. The average molecular weight is 214 g/mol. The Bertz CT molecular complexity index is 168. The summed E-state index contributed by atoms with van der Waals surface area (Å²) in [5.41, 5.74) is -0.234. The van der Waals surface area contributed by atoms with Crippen molar-refractivity contribution in [3.63, 3.8) is 0 Å². The van der Waals surface area contributed by atoms with Crippen LogP contribution in [0.15, 0.2) is 0 Å². The predicted molar refractivity (Wildman–Crippen MR) is 62.9 cm³/mol. The smallest absolute Gasteiger partial charge is 0.0942 e. The molecule has 2 atom stereocenters. The van der Waals surface area contributed by atoms with E-state index in [2.05, 4.69) is 13.8 Å². The van der Waals surface area contributed by atoms with Gasteiger partial charge in [-0.1, -0.05) is 39.5 Å². The highest BCUT2D eigenvalue weighted by molar-refractivity contribution is 4.93. The first kappa shape index (κ1) is 13.0. The van der Waals surface area contributed by atoms with Gasteiger partial charge in [-0.2, -0.15) is 0 Å². The van der Waals surface area contributed by atoms with Crippen LogP contribution < -0.4 is 0 Å². The molecule has 1 aliphatic rings. The molecule has 0 aliphatic heterocycles. The third-order valence-electron chi connectivity index (χ3n) is 3.85. The van der Waals surface area contributed by atoms with E-state index in [1.54, 1.807) is 0 Å². The van der Waals surface area contributed by atoms with Crippen LogP contribution >= 0.6 is 0 Å². The highest BCUT2D eigenvalue weighted by atomic mass is 16.5. The molecular formula is C13H26O2. The summed E-state index contributed by atoms with van der Waals surface area (Å²) in [7, 11) is 0. The molecule has 2 heteroatoms. The summed E-state index contributed by atoms with van der Waals surface area (Å²) >= 11 is 0. The van der Waals surface area contributed by atoms with Crippen LogP contribution in [0.25, 0.3) is 0 Å². The van der Waals surface area contributed by atoms with Crippen LogP contribution in [-0.2, 0) is 4.74 Å². The Kier molecular flexibility index (Phi) is 5.07. The van der Waals surface area contributed by atoms with Crippen LogP contribution in [0, 0.1) is 5.92 Å². The highest BCUT2D eigenvalue weighted by Crippen LogP contribution is 2.37. The first-order valence-electron chi connectivity index (χ1n) is 6.48. The van der Waals surface area contributed by atoms with Crippen LogP contribution in [0.2, 0.25) is 0 Å². The summed E-state index contributed by atoms with van der Waals surface area (Å²) in [6, 6.07) is 0. The lowest BCUT2D eigenvalue weighted by Crippen LogP contribution is -2.49. The van der Waals surface area contributed by atoms with Crippen molar-refractivity contribution in [1.82, 2.24) is 0 Å². The van der Waals surface area contributed by atoms with Gasteiger partial charge in [0.05, 0.1) is 11.7 Å². The van der Waals surface area contributed by atoms with Gasteiger partial charge in [-0.25, -0.2) is 0 Å². The molecule has 1 N–H and O–H groups in total. The zero-order valence-corrected chi connectivity index (χ0v) is 10.5. The standard InChI is InChI=1S/C13H26O2/c1-4-11(3)12(14)13(15-5-2)9-7-6-8-10-13/h11-12,14H,4-10H2,1-3H3. The van der Waals surface area contributed by atoms with Gasteiger partial charge in [0, 0.05) is 6.61 Å². The summed E-state index contributed by atoms with van der Waals surface area (Å²) in [6.45, 7) is 7.00. The maximum Gasteiger partial charge on any atom is 0.0942 e. The molecule has 1 fully saturated rings. The number of ether oxygens (including phenoxy) is 1. The quantitative estimate of drug-likeness (QED) is 0.762. The number of aliphatic hydroxyl groups is 1. The molecule has 1 saturated carbocycles. The van der Waals surface area contributed by atoms with Gasteiger partial charge in [-0.3, -0.25) is 0 Å². The molecule has 2 unspecified atom stereocenters. The fraction of sp³-hybridized carbons (Fsp3) is 1.00. The van der Waals surface area contributed by atoms with Crippen molar-refractivity contribution in [3.8, 4) is 0 Å². The monoisotopic (exact) mass is 214 g/mol. The van der Waals surface area contributed by atoms with E-state index in [1.165, 1.54) is 19.3 Å². The normalized spacial score (nSPS) is 24.8. The molecule has 0 aromatic heterocycles. The van der Waals surface area contributed by atoms with Gasteiger partial charge >= 0.3 is 0 Å². The summed E-state index contributed by atoms with van der Waals surface area (Å²) in [5.74, 6) is 0.342. The third kappa shape index (κ3) is 2.94. The van der Waals surface area contributed by atoms with Gasteiger partial charge < -0.3 is 9.84 Å². The molecule has 90 valence electrons. The Balaban J connectivity index is 2.69. The van der Waals surface area contributed by atoms with E-state index in [1.807, 2.05) is 6.92 Å². The minimum absolute atomic E-state index is 0.234. The minimum Gasteiger partial charge on any atom is -0.390 e. The maximum atomic E-state index is 10.4. The molecule has 15 heavy (non-hydrogen) atoms. The van der Waals surface area contributed by atoms with E-state index in [0.29, 0.717) is 12.5 Å². The van der Waals surface area contributed by atoms with Crippen LogP contribution in [0.3, 0.4) is 0 Å². The second-order valence-electron chi connectivity index (χ2n) is 4.89. The van der Waals surface area contributed by atoms with Crippen molar-refractivity contribution in [2.45, 2.75) is 71.0 Å². The Morgan fingerprint density at radius 3 is 2.27 bits per heavy atom. The summed E-state index contributed by atoms with van der Waals surface area (Å²) < 4.78 is 5.91. The van der Waals surface area contributed by atoms with Crippen molar-refractivity contribution in [2.75, 3.05) is 6.61 Å². The largest absolute Gasteiger partial charge is 0.390 e. The van der Waals surface area contributed by atoms with Gasteiger partial charge in [0.15, 0.2) is 0 Å². The number of hydrogen-bond donors (Lipinski definition) is 1. The molecule has 0 amide bonds. The van der Waals surface area contributed by atoms with E-state index in [9.17, 15) is 5.11 Å². The minimum atomic E-state index is -0.289. The van der Waals surface area contributed by atoms with Crippen molar-refractivity contribution < 1.29 is 9.84 Å². The molecule has 0 aromatic carbocycles. The molecule has 0 radical (unpaired) electrons. The van der Waals surface area contributed by atoms with E-state index >= 15 is 0 Å². The molecule has 0 spiro atoms. The van der Waals surface area contributed by atoms with Crippen molar-refractivity contribution in [1.29, 1.82) is 0 Å². The zero-order valence-electron chi connectivity index (χ0n) is 10.5. The lowest BCUT2D eigenvalue weighted by Gasteiger charge is -2.43. The second-order valence-corrected chi connectivity index (χ2v) is 4.89. The molecule has 0 heterocycles. The zero-order chi connectivity index (χ0) is 11.3. The average Bonchev–Trinajstić information content (AvgIpc) is 2.28. The lowest BCUT2D eigenvalue weighted by atomic mass is 9.76. The van der Waals surface area contributed by atoms with Crippen LogP contribution in [-0.4, -0.2) is 23.4 Å². The molecule has 0 bridgehead atoms. The second kappa shape index (κ2) is 5.86. The Hall–Kier alpha value is -0.0800. The molecule has 2 nitrogen and oxygen atoms in total. The van der Waals surface area contributed by atoms with Crippen LogP contribution in [0.4, 0.5) is 0 Å². The number of rotatable bonds is 5. The van der Waals surface area contributed by atoms with Gasteiger partial charge in [0.25, 0.3) is 0 Å². The van der Waals surface area contributed by atoms with Crippen molar-refractivity contribution in [3.05, 3.63) is 0 Å². The molecule has 0 aromatic rings. The van der Waals surface area contributed by atoms with Gasteiger partial charge in [0.2, 0.25) is 0 Å². The molecule has 0 saturated heterocycles. The highest BCUT2D eigenvalue weighted by Gasteiger charge is 2.41. The first-order valence-corrected chi connectivity index (χ1v) is 6.48. The Morgan fingerprint density at radius 1 is 1.20 bits per heavy atom. The van der Waals surface area contributed by atoms with Gasteiger partial charge in [0.1, 0.15) is 0 Å². The van der Waals surface area contributed by atoms with Gasteiger partial charge in [-0.05, 0) is 25.7 Å². The van der Waals surface area contributed by atoms with E-state index in [4.69, 9.17) is 4.74 Å². The van der Waals surface area contributed by atoms with Crippen LogP contribution in [0.5, 0.6) is 0 Å². The number of hydrogen-bond acceptors (Lipinski definition) is 2. The van der Waals surface area contributed by atoms with Crippen molar-refractivity contribution >= 4 is 0 Å². The fourth-order valence-corrected chi connectivity index (χ4v) is 2.70. The SMILES string of the molecule is CCOC1(C(O)C(C)CC)CCCCC1. The lowest BCUT2D eigenvalue weighted by molar-refractivity contribution is -0.155. The summed E-state index contributed by atoms with van der Waals surface area (Å²) in [5, 5.41) is 10.4. The molecule has 1 aliphatic carbocycles. The topological polar surface area (TPSA) is 29.5 Å². The van der Waals surface area contributed by atoms with Crippen molar-refractivity contribution in [2.24, 2.45) is 5.92 Å². The van der Waals surface area contributed by atoms with Gasteiger partial charge in [-0.15, -0.1) is 0 Å². The van der Waals surface area contributed by atoms with Crippen LogP contribution in [0.1, 0.15) is 59.3 Å². The maximum absolute atomic E-state index is 10.4. The molecule has 1 rings (SSSR count). The number of aliphatic hydroxyl groups excluding tert-OH is 1. The Morgan fingerprint density at radius 2 is 1.80 bits per heavy atom. The van der Waals surface area contributed by atoms with E-state index in [0.717, 1.165) is 19.3 Å². The predicted octanol–water partition coefficient (Wildman–Crippen LogP) is 3.13. The third-order valence-corrected chi connectivity index (χ3v) is 3.85. The molecular weight excluding hydrogens is 188 g/mol. The fourth-order valence-electron chi connectivity index (χ4n) is 2.70.